The molecule has 0 aromatic heterocycles. The van der Waals surface area contributed by atoms with E-state index in [1.54, 1.807) is 5.48 Å². The Kier molecular flexibility index (Phi) is 3.59. The quantitative estimate of drug-likeness (QED) is 0.289. The smallest absolute Gasteiger partial charge is 0.237 e. The van der Waals surface area contributed by atoms with Gasteiger partial charge in [0.2, 0.25) is 5.91 Å². The Hall–Kier alpha value is -0.260. The van der Waals surface area contributed by atoms with E-state index in [-0.39, 0.29) is 5.75 Å². The molecule has 1 atom stereocenters. The molecule has 0 rings (SSSR count). The second-order valence-corrected chi connectivity index (χ2v) is 1.63. The summed E-state index contributed by atoms with van der Waals surface area (Å²) in [5, 5.41) is 8.10. The standard InChI is InChI=1S/C3H8N2O2S/c4-3(6)2(1-8)5-7/h2,5,7-8H,1H2,(H2,4,6). The fourth-order valence-electron chi connectivity index (χ4n) is 0.194. The molecule has 0 aliphatic heterocycles. The van der Waals surface area contributed by atoms with Crippen LogP contribution in [0.2, 0.25) is 0 Å². The predicted molar refractivity (Wildman–Crippen MR) is 31.8 cm³/mol. The van der Waals surface area contributed by atoms with Crippen LogP contribution >= 0.6 is 12.6 Å². The molecule has 1 amide bonds. The average Bonchev–Trinajstić information content (AvgIpc) is 1.69. The van der Waals surface area contributed by atoms with Crippen molar-refractivity contribution in [1.29, 1.82) is 0 Å². The lowest BCUT2D eigenvalue weighted by Crippen LogP contribution is -2.40. The molecule has 0 aromatic rings. The number of nitrogens with one attached hydrogen (secondary N) is 1. The van der Waals surface area contributed by atoms with Crippen LogP contribution in [0.1, 0.15) is 0 Å². The topological polar surface area (TPSA) is 75.4 Å². The molecular weight excluding hydrogens is 128 g/mol. The van der Waals surface area contributed by atoms with Gasteiger partial charge in [-0.3, -0.25) is 4.79 Å². The first-order chi connectivity index (χ1) is 3.72. The van der Waals surface area contributed by atoms with Crippen molar-refractivity contribution < 1.29 is 10.0 Å². The second-order valence-electron chi connectivity index (χ2n) is 1.27. The van der Waals surface area contributed by atoms with Gasteiger partial charge < -0.3 is 10.9 Å². The van der Waals surface area contributed by atoms with Crippen LogP contribution in [0.5, 0.6) is 0 Å². The summed E-state index contributed by atoms with van der Waals surface area (Å²) in [7, 11) is 0. The molecule has 0 aliphatic carbocycles. The molecule has 1 unspecified atom stereocenters. The summed E-state index contributed by atoms with van der Waals surface area (Å²) >= 11 is 3.71. The highest BCUT2D eigenvalue weighted by atomic mass is 32.1. The number of hydrogen-bond donors (Lipinski definition) is 4. The zero-order valence-corrected chi connectivity index (χ0v) is 5.06. The van der Waals surface area contributed by atoms with Gasteiger partial charge >= 0.3 is 0 Å². The highest BCUT2D eigenvalue weighted by Gasteiger charge is 2.09. The Bertz CT molecular complexity index is 83.4. The van der Waals surface area contributed by atoms with Crippen molar-refractivity contribution in [3.05, 3.63) is 0 Å². The van der Waals surface area contributed by atoms with Gasteiger partial charge in [0.15, 0.2) is 0 Å². The number of carbonyl (C=O) groups is 1. The van der Waals surface area contributed by atoms with Crippen LogP contribution in [-0.2, 0) is 4.79 Å². The number of hydrogen-bond acceptors (Lipinski definition) is 4. The molecule has 0 aromatic carbocycles. The highest BCUT2D eigenvalue weighted by molar-refractivity contribution is 7.80. The third-order valence-corrected chi connectivity index (χ3v) is 1.05. The molecule has 48 valence electrons. The van der Waals surface area contributed by atoms with E-state index in [0.717, 1.165) is 0 Å². The van der Waals surface area contributed by atoms with Gasteiger partial charge in [-0.25, -0.2) is 0 Å². The molecule has 0 bridgehead atoms. The third kappa shape index (κ3) is 2.15. The van der Waals surface area contributed by atoms with Crippen molar-refractivity contribution >= 4 is 18.5 Å². The molecule has 0 saturated carbocycles. The van der Waals surface area contributed by atoms with E-state index < -0.39 is 11.9 Å². The molecule has 0 aliphatic rings. The highest BCUT2D eigenvalue weighted by Crippen LogP contribution is 1.82. The van der Waals surface area contributed by atoms with Crippen LogP contribution in [0.4, 0.5) is 0 Å². The molecular formula is C3H8N2O2S. The first-order valence-corrected chi connectivity index (χ1v) is 2.65. The van der Waals surface area contributed by atoms with Gasteiger partial charge in [0.25, 0.3) is 0 Å². The minimum absolute atomic E-state index is 0.200. The Labute approximate surface area is 52.4 Å². The van der Waals surface area contributed by atoms with Crippen LogP contribution in [0.25, 0.3) is 0 Å². The van der Waals surface area contributed by atoms with Gasteiger partial charge in [-0.2, -0.15) is 18.1 Å². The summed E-state index contributed by atoms with van der Waals surface area (Å²) in [4.78, 5) is 10.1. The largest absolute Gasteiger partial charge is 0.368 e. The zero-order valence-electron chi connectivity index (χ0n) is 4.16. The minimum atomic E-state index is -0.738. The lowest BCUT2D eigenvalue weighted by Gasteiger charge is -2.04. The van der Waals surface area contributed by atoms with E-state index >= 15 is 0 Å². The summed E-state index contributed by atoms with van der Waals surface area (Å²) in [6.45, 7) is 0. The maximum absolute atomic E-state index is 10.1. The Morgan fingerprint density at radius 1 is 2.00 bits per heavy atom. The monoisotopic (exact) mass is 136 g/mol. The Morgan fingerprint density at radius 3 is 2.50 bits per heavy atom. The molecule has 4 nitrogen and oxygen atoms in total. The zero-order chi connectivity index (χ0) is 6.57. The van der Waals surface area contributed by atoms with Crippen molar-refractivity contribution in [3.8, 4) is 0 Å². The van der Waals surface area contributed by atoms with Crippen molar-refractivity contribution in [1.82, 2.24) is 5.48 Å². The van der Waals surface area contributed by atoms with Crippen molar-refractivity contribution in [2.45, 2.75) is 6.04 Å². The number of thiol groups is 1. The van der Waals surface area contributed by atoms with E-state index in [2.05, 4.69) is 12.6 Å². The normalized spacial score (nSPS) is 13.2. The molecule has 0 spiro atoms. The van der Waals surface area contributed by atoms with Crippen molar-refractivity contribution in [2.24, 2.45) is 5.73 Å². The SMILES string of the molecule is NC(=O)C(CS)NO. The summed E-state index contributed by atoms with van der Waals surface area (Å²) in [5.74, 6) is -0.409. The first-order valence-electron chi connectivity index (χ1n) is 2.02. The van der Waals surface area contributed by atoms with Gasteiger partial charge in [0.1, 0.15) is 6.04 Å². The average molecular weight is 136 g/mol. The van der Waals surface area contributed by atoms with Crippen LogP contribution in [0, 0.1) is 0 Å². The van der Waals surface area contributed by atoms with E-state index in [4.69, 9.17) is 10.9 Å². The molecule has 0 radical (unpaired) electrons. The minimum Gasteiger partial charge on any atom is -0.368 e. The van der Waals surface area contributed by atoms with Crippen LogP contribution in [0.3, 0.4) is 0 Å². The van der Waals surface area contributed by atoms with Gasteiger partial charge in [0, 0.05) is 5.75 Å². The maximum atomic E-state index is 10.1. The van der Waals surface area contributed by atoms with Crippen LogP contribution < -0.4 is 11.2 Å². The van der Waals surface area contributed by atoms with Crippen LogP contribution in [0.15, 0.2) is 0 Å². The summed E-state index contributed by atoms with van der Waals surface area (Å²) in [5.41, 5.74) is 6.45. The number of nitrogens with two attached hydrogens (primary N) is 1. The van der Waals surface area contributed by atoms with Gasteiger partial charge in [-0.1, -0.05) is 0 Å². The Balaban J connectivity index is 3.52. The van der Waals surface area contributed by atoms with E-state index in [9.17, 15) is 4.79 Å². The summed E-state index contributed by atoms with van der Waals surface area (Å²) in [6.07, 6.45) is 0. The van der Waals surface area contributed by atoms with Crippen LogP contribution in [-0.4, -0.2) is 22.9 Å². The second kappa shape index (κ2) is 3.71. The summed E-state index contributed by atoms with van der Waals surface area (Å²) in [6, 6.07) is -0.738. The van der Waals surface area contributed by atoms with Gasteiger partial charge in [0.05, 0.1) is 0 Å². The fraction of sp³-hybridized carbons (Fsp3) is 0.667. The van der Waals surface area contributed by atoms with E-state index in [0.29, 0.717) is 0 Å². The first kappa shape index (κ1) is 7.74. The number of primary amides is 1. The number of hydroxylamine groups is 1. The maximum Gasteiger partial charge on any atom is 0.237 e. The lowest BCUT2D eigenvalue weighted by molar-refractivity contribution is -0.121. The molecule has 5 heteroatoms. The Morgan fingerprint density at radius 2 is 2.50 bits per heavy atom. The molecule has 0 saturated heterocycles. The van der Waals surface area contributed by atoms with Crippen molar-refractivity contribution in [3.63, 3.8) is 0 Å². The van der Waals surface area contributed by atoms with Crippen molar-refractivity contribution in [2.75, 3.05) is 5.75 Å². The number of carbonyl (C=O) groups excluding carboxylic acids is 1. The van der Waals surface area contributed by atoms with E-state index in [1.165, 1.54) is 0 Å². The molecule has 0 heterocycles. The van der Waals surface area contributed by atoms with E-state index in [1.807, 2.05) is 0 Å². The number of rotatable bonds is 3. The molecule has 0 fully saturated rings. The number of amides is 1. The van der Waals surface area contributed by atoms with Gasteiger partial charge in [-0.05, 0) is 0 Å². The third-order valence-electron chi connectivity index (χ3n) is 0.682. The lowest BCUT2D eigenvalue weighted by atomic mass is 10.3. The molecule has 4 N–H and O–H groups in total. The van der Waals surface area contributed by atoms with Gasteiger partial charge in [-0.15, -0.1) is 0 Å². The molecule has 8 heavy (non-hydrogen) atoms. The fourth-order valence-corrected chi connectivity index (χ4v) is 0.456. The summed E-state index contributed by atoms with van der Waals surface area (Å²) < 4.78 is 0. The predicted octanol–water partition coefficient (Wildman–Crippen LogP) is -1.25.